The van der Waals surface area contributed by atoms with Gasteiger partial charge in [0.05, 0.1) is 10.7 Å². The molecule has 1 rings (SSSR count). The van der Waals surface area contributed by atoms with E-state index in [1.807, 2.05) is 10.6 Å². The fourth-order valence-corrected chi connectivity index (χ4v) is 1.31. The third-order valence-corrected chi connectivity index (χ3v) is 2.26. The van der Waals surface area contributed by atoms with Crippen molar-refractivity contribution in [2.45, 2.75) is 13.0 Å². The summed E-state index contributed by atoms with van der Waals surface area (Å²) in [6.45, 7) is 1.23. The summed E-state index contributed by atoms with van der Waals surface area (Å²) in [5.74, 6) is -3.20. The van der Waals surface area contributed by atoms with Crippen LogP contribution in [0.1, 0.15) is 6.92 Å². The zero-order valence-corrected chi connectivity index (χ0v) is 9.89. The summed E-state index contributed by atoms with van der Waals surface area (Å²) in [5.41, 5.74) is -0.423. The number of nitrogens with one attached hydrogen (secondary N) is 2. The average Bonchev–Trinajstić information content (AvgIpc) is 2.23. The molecule has 18 heavy (non-hydrogen) atoms. The van der Waals surface area contributed by atoms with Crippen LogP contribution in [0, 0.1) is 11.6 Å². The van der Waals surface area contributed by atoms with E-state index in [-0.39, 0.29) is 5.02 Å². The van der Waals surface area contributed by atoms with Crippen molar-refractivity contribution in [1.82, 2.24) is 5.32 Å². The first-order valence-corrected chi connectivity index (χ1v) is 5.14. The minimum absolute atomic E-state index is 0.328. The summed E-state index contributed by atoms with van der Waals surface area (Å²) in [6.07, 6.45) is 0. The Hall–Kier alpha value is -1.89. The molecule has 0 bridgehead atoms. The molecule has 3 N–H and O–H groups in total. The number of carboxylic acid groups (broad SMARTS) is 1. The Labute approximate surface area is 106 Å². The highest BCUT2D eigenvalue weighted by atomic mass is 35.5. The van der Waals surface area contributed by atoms with Crippen LogP contribution in [-0.2, 0) is 4.79 Å². The Bertz CT molecular complexity index is 473. The van der Waals surface area contributed by atoms with Gasteiger partial charge in [0.1, 0.15) is 11.9 Å². The van der Waals surface area contributed by atoms with Crippen molar-refractivity contribution < 1.29 is 23.5 Å². The van der Waals surface area contributed by atoms with Crippen molar-refractivity contribution in [3.05, 3.63) is 28.8 Å². The lowest BCUT2D eigenvalue weighted by Crippen LogP contribution is -2.41. The second kappa shape index (κ2) is 5.63. The number of rotatable bonds is 3. The van der Waals surface area contributed by atoms with Gasteiger partial charge in [-0.2, -0.15) is 0 Å². The van der Waals surface area contributed by atoms with E-state index in [1.54, 1.807) is 0 Å². The van der Waals surface area contributed by atoms with Crippen LogP contribution < -0.4 is 10.6 Å². The fraction of sp³-hybridized carbons (Fsp3) is 0.200. The lowest BCUT2D eigenvalue weighted by Gasteiger charge is -2.12. The van der Waals surface area contributed by atoms with Gasteiger partial charge < -0.3 is 15.7 Å². The molecule has 0 radical (unpaired) electrons. The van der Waals surface area contributed by atoms with Gasteiger partial charge in [-0.3, -0.25) is 4.79 Å². The van der Waals surface area contributed by atoms with Gasteiger partial charge in [0, 0.05) is 6.07 Å². The zero-order chi connectivity index (χ0) is 13.9. The molecule has 0 aromatic heterocycles. The lowest BCUT2D eigenvalue weighted by atomic mass is 10.3. The SMILES string of the molecule is C[C@@H](NC(=O)Nc1c(F)cc(F)cc1Cl)C(=O)O. The third-order valence-electron chi connectivity index (χ3n) is 1.96. The second-order valence-electron chi connectivity index (χ2n) is 3.40. The number of anilines is 1. The summed E-state index contributed by atoms with van der Waals surface area (Å²) >= 11 is 5.54. The van der Waals surface area contributed by atoms with Gasteiger partial charge in [0.25, 0.3) is 0 Å². The molecular formula is C10H9ClF2N2O3. The molecule has 0 saturated carbocycles. The molecule has 0 spiro atoms. The molecule has 0 unspecified atom stereocenters. The quantitative estimate of drug-likeness (QED) is 0.793. The first-order valence-electron chi connectivity index (χ1n) is 4.76. The lowest BCUT2D eigenvalue weighted by molar-refractivity contribution is -0.138. The van der Waals surface area contributed by atoms with E-state index in [4.69, 9.17) is 16.7 Å². The van der Waals surface area contributed by atoms with Crippen LogP contribution >= 0.6 is 11.6 Å². The normalized spacial score (nSPS) is 11.8. The first kappa shape index (κ1) is 14.2. The van der Waals surface area contributed by atoms with Gasteiger partial charge in [-0.1, -0.05) is 11.6 Å². The Kier molecular flexibility index (Phi) is 4.43. The Morgan fingerprint density at radius 1 is 1.39 bits per heavy atom. The van der Waals surface area contributed by atoms with Crippen molar-refractivity contribution in [1.29, 1.82) is 0 Å². The number of urea groups is 1. The molecule has 1 aromatic rings. The molecule has 0 fully saturated rings. The predicted molar refractivity (Wildman–Crippen MR) is 60.6 cm³/mol. The number of carbonyl (C=O) groups excluding carboxylic acids is 1. The van der Waals surface area contributed by atoms with E-state index in [0.717, 1.165) is 6.07 Å². The largest absolute Gasteiger partial charge is 0.480 e. The fourth-order valence-electron chi connectivity index (χ4n) is 1.07. The van der Waals surface area contributed by atoms with Gasteiger partial charge in [-0.25, -0.2) is 13.6 Å². The van der Waals surface area contributed by atoms with E-state index in [9.17, 15) is 18.4 Å². The topological polar surface area (TPSA) is 78.4 Å². The number of aliphatic carboxylic acids is 1. The monoisotopic (exact) mass is 278 g/mol. The molecule has 0 aliphatic heterocycles. The first-order chi connectivity index (χ1) is 8.31. The summed E-state index contributed by atoms with van der Waals surface area (Å²) in [7, 11) is 0. The molecule has 0 heterocycles. The van der Waals surface area contributed by atoms with Crippen molar-refractivity contribution >= 4 is 29.3 Å². The summed E-state index contributed by atoms with van der Waals surface area (Å²) < 4.78 is 26.0. The number of carbonyl (C=O) groups is 2. The number of amides is 2. The third kappa shape index (κ3) is 3.56. The molecule has 0 aliphatic carbocycles. The zero-order valence-electron chi connectivity index (χ0n) is 9.13. The van der Waals surface area contributed by atoms with Crippen LogP contribution in [0.25, 0.3) is 0 Å². The van der Waals surface area contributed by atoms with Crippen molar-refractivity contribution in [2.75, 3.05) is 5.32 Å². The number of hydrogen-bond acceptors (Lipinski definition) is 2. The van der Waals surface area contributed by atoms with E-state index in [0.29, 0.717) is 6.07 Å². The van der Waals surface area contributed by atoms with Gasteiger partial charge in [0.2, 0.25) is 0 Å². The van der Waals surface area contributed by atoms with Crippen LogP contribution in [0.15, 0.2) is 12.1 Å². The maximum atomic E-state index is 13.3. The summed E-state index contributed by atoms with van der Waals surface area (Å²) in [4.78, 5) is 21.8. The standard InChI is InChI=1S/C10H9ClF2N2O3/c1-4(9(16)17)14-10(18)15-8-6(11)2-5(12)3-7(8)13/h2-4H,1H3,(H,16,17)(H2,14,15,18)/t4-/m1/s1. The smallest absolute Gasteiger partial charge is 0.325 e. The van der Waals surface area contributed by atoms with Crippen LogP contribution in [0.5, 0.6) is 0 Å². The number of hydrogen-bond donors (Lipinski definition) is 3. The highest BCUT2D eigenvalue weighted by Crippen LogP contribution is 2.26. The van der Waals surface area contributed by atoms with Gasteiger partial charge >= 0.3 is 12.0 Å². The Morgan fingerprint density at radius 2 is 2.00 bits per heavy atom. The predicted octanol–water partition coefficient (Wildman–Crippen LogP) is 2.21. The highest BCUT2D eigenvalue weighted by molar-refractivity contribution is 6.33. The van der Waals surface area contributed by atoms with Gasteiger partial charge in [-0.15, -0.1) is 0 Å². The molecule has 1 aromatic carbocycles. The Balaban J connectivity index is 2.80. The minimum Gasteiger partial charge on any atom is -0.480 e. The minimum atomic E-state index is -1.25. The molecule has 98 valence electrons. The van der Waals surface area contributed by atoms with Crippen LogP contribution in [0.2, 0.25) is 5.02 Å². The van der Waals surface area contributed by atoms with E-state index in [1.165, 1.54) is 6.92 Å². The highest BCUT2D eigenvalue weighted by Gasteiger charge is 2.17. The summed E-state index contributed by atoms with van der Waals surface area (Å²) in [5, 5.41) is 12.3. The maximum Gasteiger partial charge on any atom is 0.325 e. The van der Waals surface area contributed by atoms with Crippen LogP contribution in [0.4, 0.5) is 19.3 Å². The maximum absolute atomic E-state index is 13.3. The van der Waals surface area contributed by atoms with Crippen molar-refractivity contribution in [3.63, 3.8) is 0 Å². The van der Waals surface area contributed by atoms with Crippen LogP contribution in [-0.4, -0.2) is 23.1 Å². The number of benzene rings is 1. The van der Waals surface area contributed by atoms with E-state index < -0.39 is 35.4 Å². The van der Waals surface area contributed by atoms with Gasteiger partial charge in [-0.05, 0) is 13.0 Å². The second-order valence-corrected chi connectivity index (χ2v) is 3.81. The van der Waals surface area contributed by atoms with E-state index in [2.05, 4.69) is 0 Å². The summed E-state index contributed by atoms with van der Waals surface area (Å²) in [6, 6.07) is -0.757. The van der Waals surface area contributed by atoms with Crippen molar-refractivity contribution in [3.8, 4) is 0 Å². The molecule has 0 saturated heterocycles. The average molecular weight is 279 g/mol. The molecule has 1 atom stereocenters. The van der Waals surface area contributed by atoms with Gasteiger partial charge in [0.15, 0.2) is 5.82 Å². The van der Waals surface area contributed by atoms with Crippen molar-refractivity contribution in [2.24, 2.45) is 0 Å². The number of carboxylic acids is 1. The van der Waals surface area contributed by atoms with E-state index >= 15 is 0 Å². The molecule has 0 aliphatic rings. The van der Waals surface area contributed by atoms with Crippen LogP contribution in [0.3, 0.4) is 0 Å². The Morgan fingerprint density at radius 3 is 2.50 bits per heavy atom. The molecule has 5 nitrogen and oxygen atoms in total. The molecule has 8 heteroatoms. The number of halogens is 3. The molecular weight excluding hydrogens is 270 g/mol. The molecule has 2 amide bonds.